The molecule has 6 heteroatoms. The molecular weight excluding hydrogens is 256 g/mol. The van der Waals surface area contributed by atoms with Crippen molar-refractivity contribution in [1.29, 1.82) is 0 Å². The maximum absolute atomic E-state index is 5.71. The molecule has 0 atom stereocenters. The van der Waals surface area contributed by atoms with Gasteiger partial charge in [-0.15, -0.1) is 0 Å². The van der Waals surface area contributed by atoms with Gasteiger partial charge >= 0.3 is 0 Å². The zero-order chi connectivity index (χ0) is 15.0. The third kappa shape index (κ3) is 5.61. The Morgan fingerprint density at radius 3 is 2.70 bits per heavy atom. The lowest BCUT2D eigenvalue weighted by atomic mass is 9.94. The average molecular weight is 282 g/mol. The van der Waals surface area contributed by atoms with E-state index in [0.29, 0.717) is 12.4 Å². The molecule has 0 radical (unpaired) electrons. The first-order valence-electron chi connectivity index (χ1n) is 6.86. The molecule has 1 aromatic heterocycles. The third-order valence-corrected chi connectivity index (χ3v) is 2.74. The molecule has 0 unspecified atom stereocenters. The highest BCUT2D eigenvalue weighted by atomic mass is 16.5. The lowest BCUT2D eigenvalue weighted by Gasteiger charge is -2.13. The van der Waals surface area contributed by atoms with Gasteiger partial charge < -0.3 is 19.8 Å². The minimum Gasteiger partial charge on any atom is -0.443 e. The minimum atomic E-state index is -0.0225. The van der Waals surface area contributed by atoms with Gasteiger partial charge in [0.05, 0.1) is 12.7 Å². The van der Waals surface area contributed by atoms with Crippen molar-refractivity contribution in [1.82, 2.24) is 15.6 Å². The second-order valence-electron chi connectivity index (χ2n) is 5.57. The van der Waals surface area contributed by atoms with E-state index in [1.54, 1.807) is 20.4 Å². The molecule has 2 N–H and O–H groups in total. The summed E-state index contributed by atoms with van der Waals surface area (Å²) in [6.07, 6.45) is 2.72. The highest BCUT2D eigenvalue weighted by molar-refractivity contribution is 5.79. The van der Waals surface area contributed by atoms with Crippen molar-refractivity contribution in [3.05, 3.63) is 17.8 Å². The van der Waals surface area contributed by atoms with E-state index < -0.39 is 0 Å². The molecule has 114 valence electrons. The molecule has 0 aliphatic rings. The van der Waals surface area contributed by atoms with Crippen LogP contribution >= 0.6 is 0 Å². The highest BCUT2D eigenvalue weighted by Crippen LogP contribution is 2.22. The first-order chi connectivity index (χ1) is 9.47. The molecule has 0 spiro atoms. The van der Waals surface area contributed by atoms with Gasteiger partial charge in [-0.2, -0.15) is 0 Å². The van der Waals surface area contributed by atoms with Gasteiger partial charge in [0.2, 0.25) is 5.89 Å². The van der Waals surface area contributed by atoms with Crippen LogP contribution in [0.15, 0.2) is 15.6 Å². The van der Waals surface area contributed by atoms with Gasteiger partial charge in [0.1, 0.15) is 5.76 Å². The summed E-state index contributed by atoms with van der Waals surface area (Å²) in [7, 11) is 3.43. The zero-order valence-corrected chi connectivity index (χ0v) is 13.1. The number of hydrogen-bond donors (Lipinski definition) is 2. The van der Waals surface area contributed by atoms with Gasteiger partial charge in [0.25, 0.3) is 0 Å². The number of guanidine groups is 1. The van der Waals surface area contributed by atoms with Crippen LogP contribution in [0.5, 0.6) is 0 Å². The van der Waals surface area contributed by atoms with Crippen molar-refractivity contribution in [2.75, 3.05) is 27.3 Å². The highest BCUT2D eigenvalue weighted by Gasteiger charge is 2.19. The van der Waals surface area contributed by atoms with E-state index in [0.717, 1.165) is 31.3 Å². The minimum absolute atomic E-state index is 0.0225. The second-order valence-corrected chi connectivity index (χ2v) is 5.57. The number of oxazole rings is 1. The van der Waals surface area contributed by atoms with Gasteiger partial charge in [-0.1, -0.05) is 20.8 Å². The average Bonchev–Trinajstić information content (AvgIpc) is 2.87. The Morgan fingerprint density at radius 2 is 2.15 bits per heavy atom. The van der Waals surface area contributed by atoms with Crippen LogP contribution in [0.25, 0.3) is 0 Å². The number of nitrogens with one attached hydrogen (secondary N) is 2. The van der Waals surface area contributed by atoms with Crippen molar-refractivity contribution < 1.29 is 9.15 Å². The number of methoxy groups -OCH3 is 1. The van der Waals surface area contributed by atoms with Crippen molar-refractivity contribution in [2.24, 2.45) is 4.99 Å². The fourth-order valence-corrected chi connectivity index (χ4v) is 1.54. The lowest BCUT2D eigenvalue weighted by Crippen LogP contribution is -2.37. The molecule has 0 aliphatic carbocycles. The Kier molecular flexibility index (Phi) is 6.51. The number of aromatic nitrogens is 1. The second kappa shape index (κ2) is 7.89. The van der Waals surface area contributed by atoms with Crippen LogP contribution in [0.2, 0.25) is 0 Å². The van der Waals surface area contributed by atoms with E-state index in [1.807, 2.05) is 0 Å². The fourth-order valence-electron chi connectivity index (χ4n) is 1.54. The molecule has 6 nitrogen and oxygen atoms in total. The molecule has 0 amide bonds. The summed E-state index contributed by atoms with van der Waals surface area (Å²) in [4.78, 5) is 8.41. The van der Waals surface area contributed by atoms with Crippen LogP contribution in [0.4, 0.5) is 0 Å². The predicted octanol–water partition coefficient (Wildman–Crippen LogP) is 1.67. The Bertz CT molecular complexity index is 421. The summed E-state index contributed by atoms with van der Waals surface area (Å²) in [5, 5.41) is 6.37. The Morgan fingerprint density at radius 1 is 1.40 bits per heavy atom. The van der Waals surface area contributed by atoms with Crippen LogP contribution in [0.1, 0.15) is 38.8 Å². The van der Waals surface area contributed by atoms with Crippen molar-refractivity contribution in [3.63, 3.8) is 0 Å². The largest absolute Gasteiger partial charge is 0.443 e. The molecule has 0 bridgehead atoms. The molecule has 0 aromatic carbocycles. The van der Waals surface area contributed by atoms with Crippen LogP contribution in [0.3, 0.4) is 0 Å². The Balaban J connectivity index is 2.39. The quantitative estimate of drug-likeness (QED) is 0.472. The monoisotopic (exact) mass is 282 g/mol. The smallest absolute Gasteiger partial charge is 0.213 e. The summed E-state index contributed by atoms with van der Waals surface area (Å²) >= 11 is 0. The summed E-state index contributed by atoms with van der Waals surface area (Å²) in [6, 6.07) is 0. The van der Waals surface area contributed by atoms with Gasteiger partial charge in [-0.05, 0) is 6.42 Å². The maximum Gasteiger partial charge on any atom is 0.213 e. The number of aliphatic imine (C=N–C) groups is 1. The first-order valence-corrected chi connectivity index (χ1v) is 6.86. The van der Waals surface area contributed by atoms with Gasteiger partial charge in [-0.3, -0.25) is 4.99 Å². The number of hydrogen-bond acceptors (Lipinski definition) is 4. The molecule has 0 saturated heterocycles. The number of nitrogens with zero attached hydrogens (tertiary/aromatic N) is 2. The standard InChI is InChI=1S/C14H26N4O2/c1-14(2,3)11-9-17-12(20-11)10-18-13(15-4)16-7-6-8-19-5/h9H,6-8,10H2,1-5H3,(H2,15,16,18). The fraction of sp³-hybridized carbons (Fsp3) is 0.714. The zero-order valence-electron chi connectivity index (χ0n) is 13.1. The topological polar surface area (TPSA) is 71.7 Å². The summed E-state index contributed by atoms with van der Waals surface area (Å²) < 4.78 is 10.7. The molecular formula is C14H26N4O2. The van der Waals surface area contributed by atoms with Crippen molar-refractivity contribution >= 4 is 5.96 Å². The molecule has 0 aliphatic heterocycles. The number of ether oxygens (including phenoxy) is 1. The normalized spacial score (nSPS) is 12.6. The summed E-state index contributed by atoms with van der Waals surface area (Å²) in [5.74, 6) is 2.28. The van der Waals surface area contributed by atoms with Crippen LogP contribution in [-0.2, 0) is 16.7 Å². The molecule has 0 fully saturated rings. The maximum atomic E-state index is 5.71. The van der Waals surface area contributed by atoms with Gasteiger partial charge in [0, 0.05) is 32.7 Å². The SMILES string of the molecule is CN=C(NCCCOC)NCc1ncc(C(C)(C)C)o1. The van der Waals surface area contributed by atoms with E-state index >= 15 is 0 Å². The first kappa shape index (κ1) is 16.5. The predicted molar refractivity (Wildman–Crippen MR) is 79.9 cm³/mol. The molecule has 0 saturated carbocycles. The summed E-state index contributed by atoms with van der Waals surface area (Å²) in [6.45, 7) is 8.36. The molecule has 1 heterocycles. The number of rotatable bonds is 6. The van der Waals surface area contributed by atoms with E-state index in [1.165, 1.54) is 0 Å². The summed E-state index contributed by atoms with van der Waals surface area (Å²) in [5.41, 5.74) is -0.0225. The van der Waals surface area contributed by atoms with Crippen LogP contribution in [0, 0.1) is 0 Å². The molecule has 1 rings (SSSR count). The van der Waals surface area contributed by atoms with Crippen molar-refractivity contribution in [3.8, 4) is 0 Å². The van der Waals surface area contributed by atoms with E-state index in [-0.39, 0.29) is 5.41 Å². The Hall–Kier alpha value is -1.56. The van der Waals surface area contributed by atoms with E-state index in [2.05, 4.69) is 41.4 Å². The van der Waals surface area contributed by atoms with Crippen LogP contribution < -0.4 is 10.6 Å². The van der Waals surface area contributed by atoms with Gasteiger partial charge in [-0.25, -0.2) is 4.98 Å². The molecule has 1 aromatic rings. The van der Waals surface area contributed by atoms with Crippen molar-refractivity contribution in [2.45, 2.75) is 39.2 Å². The van der Waals surface area contributed by atoms with E-state index in [4.69, 9.17) is 9.15 Å². The van der Waals surface area contributed by atoms with Gasteiger partial charge in [0.15, 0.2) is 5.96 Å². The molecule has 20 heavy (non-hydrogen) atoms. The Labute approximate surface area is 121 Å². The van der Waals surface area contributed by atoms with E-state index in [9.17, 15) is 0 Å². The van der Waals surface area contributed by atoms with Crippen LogP contribution in [-0.4, -0.2) is 38.3 Å². The lowest BCUT2D eigenvalue weighted by molar-refractivity contribution is 0.195. The third-order valence-electron chi connectivity index (χ3n) is 2.74.